The molecular formula is C20H18N2O6. The lowest BCUT2D eigenvalue weighted by Crippen LogP contribution is -2.51. The van der Waals surface area contributed by atoms with Gasteiger partial charge in [-0.1, -0.05) is 24.3 Å². The molecule has 1 aliphatic heterocycles. The van der Waals surface area contributed by atoms with Gasteiger partial charge in [-0.05, 0) is 24.3 Å². The lowest BCUT2D eigenvalue weighted by atomic mass is 10.0. The van der Waals surface area contributed by atoms with Gasteiger partial charge in [-0.2, -0.15) is 0 Å². The summed E-state index contributed by atoms with van der Waals surface area (Å²) in [5.74, 6) is -3.17. The molecule has 0 aliphatic carbocycles. The second kappa shape index (κ2) is 7.91. The number of amides is 2. The summed E-state index contributed by atoms with van der Waals surface area (Å²) in [5, 5.41) is 18.5. The normalized spacial score (nSPS) is 13.9. The number of benzene rings is 2. The summed E-state index contributed by atoms with van der Waals surface area (Å²) in [6, 6.07) is 12.0. The summed E-state index contributed by atoms with van der Waals surface area (Å²) in [6.07, 6.45) is 0. The standard InChI is InChI=1S/C20H18N2O6/c23-17(13-5-1-3-7-15(13)19(25)26)21-9-11-22(12-10-21)18(24)14-6-2-4-8-16(14)20(27)28/h1-8H,9-12H2,(H,25,26)(H,27,28). The van der Waals surface area contributed by atoms with Crippen molar-refractivity contribution in [3.05, 3.63) is 70.8 Å². The van der Waals surface area contributed by atoms with Crippen LogP contribution in [0.5, 0.6) is 0 Å². The smallest absolute Gasteiger partial charge is 0.336 e. The molecule has 1 heterocycles. The maximum atomic E-state index is 12.7. The van der Waals surface area contributed by atoms with Crippen LogP contribution in [-0.4, -0.2) is 69.9 Å². The summed E-state index contributed by atoms with van der Waals surface area (Å²) in [5.41, 5.74) is 0.0692. The van der Waals surface area contributed by atoms with E-state index in [2.05, 4.69) is 0 Å². The predicted octanol–water partition coefficient (Wildman–Crippen LogP) is 1.68. The van der Waals surface area contributed by atoms with Gasteiger partial charge in [-0.25, -0.2) is 9.59 Å². The first kappa shape index (κ1) is 19.1. The van der Waals surface area contributed by atoms with Crippen molar-refractivity contribution in [2.75, 3.05) is 26.2 Å². The molecular weight excluding hydrogens is 364 g/mol. The Balaban J connectivity index is 1.72. The summed E-state index contributed by atoms with van der Waals surface area (Å²) in [4.78, 5) is 51.0. The van der Waals surface area contributed by atoms with Crippen molar-refractivity contribution < 1.29 is 29.4 Å². The van der Waals surface area contributed by atoms with Gasteiger partial charge < -0.3 is 20.0 Å². The molecule has 144 valence electrons. The zero-order valence-corrected chi connectivity index (χ0v) is 14.9. The van der Waals surface area contributed by atoms with Crippen molar-refractivity contribution in [3.63, 3.8) is 0 Å². The van der Waals surface area contributed by atoms with Crippen molar-refractivity contribution in [1.82, 2.24) is 9.80 Å². The molecule has 2 amide bonds. The van der Waals surface area contributed by atoms with E-state index in [4.69, 9.17) is 0 Å². The Bertz CT molecular complexity index is 870. The van der Waals surface area contributed by atoms with Gasteiger partial charge in [0.05, 0.1) is 22.3 Å². The molecule has 8 nitrogen and oxygen atoms in total. The minimum absolute atomic E-state index is 0.0682. The lowest BCUT2D eigenvalue weighted by Gasteiger charge is -2.35. The van der Waals surface area contributed by atoms with E-state index < -0.39 is 23.8 Å². The quantitative estimate of drug-likeness (QED) is 0.831. The van der Waals surface area contributed by atoms with Crippen molar-refractivity contribution in [2.45, 2.75) is 0 Å². The molecule has 2 aromatic carbocycles. The molecule has 0 atom stereocenters. The molecule has 0 radical (unpaired) electrons. The summed E-state index contributed by atoms with van der Waals surface area (Å²) >= 11 is 0. The number of carbonyl (C=O) groups excluding carboxylic acids is 2. The average molecular weight is 382 g/mol. The number of hydrogen-bond acceptors (Lipinski definition) is 4. The minimum Gasteiger partial charge on any atom is -0.478 e. The van der Waals surface area contributed by atoms with Crippen LogP contribution in [0.1, 0.15) is 41.4 Å². The molecule has 3 rings (SSSR count). The predicted molar refractivity (Wildman–Crippen MR) is 98.6 cm³/mol. The number of piperazine rings is 1. The fourth-order valence-corrected chi connectivity index (χ4v) is 3.17. The van der Waals surface area contributed by atoms with Crippen molar-refractivity contribution in [1.29, 1.82) is 0 Å². The van der Waals surface area contributed by atoms with Gasteiger partial charge in [0.25, 0.3) is 11.8 Å². The van der Waals surface area contributed by atoms with Gasteiger partial charge in [0.2, 0.25) is 0 Å². The fraction of sp³-hybridized carbons (Fsp3) is 0.200. The van der Waals surface area contributed by atoms with Crippen LogP contribution in [0.3, 0.4) is 0 Å². The van der Waals surface area contributed by atoms with Gasteiger partial charge >= 0.3 is 11.9 Å². The van der Waals surface area contributed by atoms with Crippen molar-refractivity contribution in [3.8, 4) is 0 Å². The van der Waals surface area contributed by atoms with Crippen LogP contribution in [0.15, 0.2) is 48.5 Å². The molecule has 0 bridgehead atoms. The molecule has 1 fully saturated rings. The highest BCUT2D eigenvalue weighted by molar-refractivity contribution is 6.06. The second-order valence-corrected chi connectivity index (χ2v) is 6.29. The van der Waals surface area contributed by atoms with Gasteiger partial charge in [-0.15, -0.1) is 0 Å². The Hall–Kier alpha value is -3.68. The molecule has 28 heavy (non-hydrogen) atoms. The first-order valence-electron chi connectivity index (χ1n) is 8.63. The van der Waals surface area contributed by atoms with Gasteiger partial charge in [0.15, 0.2) is 0 Å². The molecule has 0 saturated carbocycles. The lowest BCUT2D eigenvalue weighted by molar-refractivity contribution is 0.0527. The van der Waals surface area contributed by atoms with Crippen LogP contribution in [0, 0.1) is 0 Å². The number of nitrogens with zero attached hydrogens (tertiary/aromatic N) is 2. The average Bonchev–Trinajstić information content (AvgIpc) is 2.72. The van der Waals surface area contributed by atoms with Crippen LogP contribution < -0.4 is 0 Å². The highest BCUT2D eigenvalue weighted by Gasteiger charge is 2.28. The van der Waals surface area contributed by atoms with E-state index in [1.54, 1.807) is 24.3 Å². The van der Waals surface area contributed by atoms with E-state index in [9.17, 15) is 29.4 Å². The van der Waals surface area contributed by atoms with Crippen molar-refractivity contribution in [2.24, 2.45) is 0 Å². The van der Waals surface area contributed by atoms with Crippen LogP contribution in [0.25, 0.3) is 0 Å². The van der Waals surface area contributed by atoms with E-state index in [0.717, 1.165) is 0 Å². The van der Waals surface area contributed by atoms with Crippen LogP contribution in [-0.2, 0) is 0 Å². The maximum absolute atomic E-state index is 12.7. The Morgan fingerprint density at radius 1 is 0.571 bits per heavy atom. The van der Waals surface area contributed by atoms with Crippen LogP contribution >= 0.6 is 0 Å². The van der Waals surface area contributed by atoms with Gasteiger partial charge in [-0.3, -0.25) is 9.59 Å². The summed E-state index contributed by atoms with van der Waals surface area (Å²) in [6.45, 7) is 0.920. The third-order valence-electron chi connectivity index (χ3n) is 4.63. The maximum Gasteiger partial charge on any atom is 0.336 e. The second-order valence-electron chi connectivity index (χ2n) is 6.29. The first-order chi connectivity index (χ1) is 13.4. The molecule has 2 N–H and O–H groups in total. The molecule has 0 aromatic heterocycles. The molecule has 0 spiro atoms. The van der Waals surface area contributed by atoms with E-state index >= 15 is 0 Å². The van der Waals surface area contributed by atoms with Crippen LogP contribution in [0.4, 0.5) is 0 Å². The summed E-state index contributed by atoms with van der Waals surface area (Å²) in [7, 11) is 0. The van der Waals surface area contributed by atoms with E-state index in [1.807, 2.05) is 0 Å². The third kappa shape index (κ3) is 3.71. The fourth-order valence-electron chi connectivity index (χ4n) is 3.17. The zero-order chi connectivity index (χ0) is 20.3. The number of rotatable bonds is 4. The zero-order valence-electron chi connectivity index (χ0n) is 14.9. The number of carboxylic acids is 2. The Kier molecular flexibility index (Phi) is 5.39. The van der Waals surface area contributed by atoms with E-state index in [1.165, 1.54) is 34.1 Å². The highest BCUT2D eigenvalue weighted by atomic mass is 16.4. The number of carbonyl (C=O) groups is 4. The van der Waals surface area contributed by atoms with E-state index in [0.29, 0.717) is 0 Å². The number of carboxylic acid groups (broad SMARTS) is 2. The van der Waals surface area contributed by atoms with Crippen molar-refractivity contribution >= 4 is 23.8 Å². The largest absolute Gasteiger partial charge is 0.478 e. The molecule has 1 aliphatic rings. The van der Waals surface area contributed by atoms with Gasteiger partial charge in [0.1, 0.15) is 0 Å². The third-order valence-corrected chi connectivity index (χ3v) is 4.63. The molecule has 2 aromatic rings. The topological polar surface area (TPSA) is 115 Å². The Morgan fingerprint density at radius 2 is 0.857 bits per heavy atom. The summed E-state index contributed by atoms with van der Waals surface area (Å²) < 4.78 is 0. The van der Waals surface area contributed by atoms with Crippen LogP contribution in [0.2, 0.25) is 0 Å². The highest BCUT2D eigenvalue weighted by Crippen LogP contribution is 2.17. The van der Waals surface area contributed by atoms with Gasteiger partial charge in [0, 0.05) is 26.2 Å². The molecule has 0 unspecified atom stereocenters. The van der Waals surface area contributed by atoms with E-state index in [-0.39, 0.29) is 48.4 Å². The first-order valence-corrected chi connectivity index (χ1v) is 8.63. The number of hydrogen-bond donors (Lipinski definition) is 2. The monoisotopic (exact) mass is 382 g/mol. The molecule has 1 saturated heterocycles. The minimum atomic E-state index is -1.18. The Labute approximate surface area is 160 Å². The number of aromatic carboxylic acids is 2. The Morgan fingerprint density at radius 3 is 1.14 bits per heavy atom. The SMILES string of the molecule is O=C(O)c1ccccc1C(=O)N1CCN(C(=O)c2ccccc2C(=O)O)CC1. The molecule has 8 heteroatoms.